The van der Waals surface area contributed by atoms with E-state index in [2.05, 4.69) is 10.1 Å². The van der Waals surface area contributed by atoms with Crippen LogP contribution in [-0.4, -0.2) is 10.1 Å². The first-order valence-electron chi connectivity index (χ1n) is 6.82. The number of hydrogen-bond acceptors (Lipinski definition) is 4. The van der Waals surface area contributed by atoms with Crippen LogP contribution in [0.2, 0.25) is 0 Å². The molecule has 0 bridgehead atoms. The van der Waals surface area contributed by atoms with E-state index in [1.54, 1.807) is 0 Å². The van der Waals surface area contributed by atoms with Gasteiger partial charge in [0.05, 0.1) is 5.56 Å². The maximum absolute atomic E-state index is 6.13. The molecule has 1 aromatic heterocycles. The minimum atomic E-state index is 0.454. The molecule has 0 aliphatic carbocycles. The zero-order valence-electron chi connectivity index (χ0n) is 12.3. The molecule has 4 nitrogen and oxygen atoms in total. The van der Waals surface area contributed by atoms with Crippen LogP contribution in [0.5, 0.6) is 0 Å². The Bertz CT molecular complexity index is 806. The maximum Gasteiger partial charge on any atom is 0.260 e. The molecule has 0 aliphatic heterocycles. The summed E-state index contributed by atoms with van der Waals surface area (Å²) in [6.45, 7) is 6.03. The fraction of sp³-hybridized carbons (Fsp3) is 0.176. The third-order valence-electron chi connectivity index (χ3n) is 3.46. The molecule has 2 N–H and O–H groups in total. The van der Waals surface area contributed by atoms with Gasteiger partial charge in [-0.2, -0.15) is 4.98 Å². The summed E-state index contributed by atoms with van der Waals surface area (Å²) in [4.78, 5) is 4.48. The number of nitrogens with zero attached hydrogens (tertiary/aromatic N) is 2. The van der Waals surface area contributed by atoms with E-state index in [1.807, 2.05) is 57.2 Å². The zero-order valence-corrected chi connectivity index (χ0v) is 12.3. The van der Waals surface area contributed by atoms with Crippen molar-refractivity contribution in [2.75, 3.05) is 5.73 Å². The van der Waals surface area contributed by atoms with Gasteiger partial charge >= 0.3 is 0 Å². The van der Waals surface area contributed by atoms with Crippen molar-refractivity contribution in [2.24, 2.45) is 0 Å². The van der Waals surface area contributed by atoms with Crippen LogP contribution in [-0.2, 0) is 0 Å². The van der Waals surface area contributed by atoms with Crippen molar-refractivity contribution in [1.82, 2.24) is 10.1 Å². The van der Waals surface area contributed by atoms with Gasteiger partial charge in [-0.3, -0.25) is 0 Å². The number of nitrogen functional groups attached to an aromatic ring is 1. The van der Waals surface area contributed by atoms with E-state index in [1.165, 1.54) is 0 Å². The smallest absolute Gasteiger partial charge is 0.260 e. The van der Waals surface area contributed by atoms with E-state index < -0.39 is 0 Å². The van der Waals surface area contributed by atoms with Crippen LogP contribution in [0.3, 0.4) is 0 Å². The van der Waals surface area contributed by atoms with Gasteiger partial charge in [0, 0.05) is 11.3 Å². The largest absolute Gasteiger partial charge is 0.398 e. The SMILES string of the molecule is Cc1cccc(-c2noc(-c3cc(C)cc(C)c3N)n2)c1. The second-order valence-corrected chi connectivity index (χ2v) is 5.34. The van der Waals surface area contributed by atoms with Crippen molar-refractivity contribution in [3.05, 3.63) is 53.1 Å². The van der Waals surface area contributed by atoms with Crippen LogP contribution >= 0.6 is 0 Å². The molecule has 4 heteroatoms. The molecule has 0 unspecified atom stereocenters. The average molecular weight is 279 g/mol. The standard InChI is InChI=1S/C17H17N3O/c1-10-5-4-6-13(8-10)16-19-17(21-20-16)14-9-11(2)7-12(3)15(14)18/h4-9H,18H2,1-3H3. The molecule has 21 heavy (non-hydrogen) atoms. The van der Waals surface area contributed by atoms with Crippen LogP contribution in [0.4, 0.5) is 5.69 Å². The van der Waals surface area contributed by atoms with E-state index >= 15 is 0 Å². The van der Waals surface area contributed by atoms with Crippen molar-refractivity contribution >= 4 is 5.69 Å². The minimum Gasteiger partial charge on any atom is -0.398 e. The maximum atomic E-state index is 6.13. The van der Waals surface area contributed by atoms with Crippen LogP contribution in [0.25, 0.3) is 22.8 Å². The highest BCUT2D eigenvalue weighted by Crippen LogP contribution is 2.30. The average Bonchev–Trinajstić information content (AvgIpc) is 2.92. The Kier molecular flexibility index (Phi) is 3.22. The highest BCUT2D eigenvalue weighted by molar-refractivity contribution is 5.75. The molecule has 0 fully saturated rings. The summed E-state index contributed by atoms with van der Waals surface area (Å²) in [5.74, 6) is 1.03. The number of rotatable bonds is 2. The molecule has 0 atom stereocenters. The lowest BCUT2D eigenvalue weighted by molar-refractivity contribution is 0.432. The lowest BCUT2D eigenvalue weighted by Gasteiger charge is -2.06. The summed E-state index contributed by atoms with van der Waals surface area (Å²) in [6, 6.07) is 12.0. The van der Waals surface area contributed by atoms with Gasteiger partial charge in [-0.1, -0.05) is 35.0 Å². The van der Waals surface area contributed by atoms with Crippen LogP contribution in [0, 0.1) is 20.8 Å². The molecule has 0 saturated carbocycles. The van der Waals surface area contributed by atoms with Crippen LogP contribution in [0.15, 0.2) is 40.9 Å². The van der Waals surface area contributed by atoms with E-state index in [0.29, 0.717) is 17.4 Å². The number of aromatic nitrogens is 2. The van der Waals surface area contributed by atoms with E-state index in [-0.39, 0.29) is 0 Å². The Morgan fingerprint density at radius 1 is 1.00 bits per heavy atom. The van der Waals surface area contributed by atoms with Gasteiger partial charge < -0.3 is 10.3 Å². The number of nitrogens with two attached hydrogens (primary N) is 1. The molecule has 1 heterocycles. The monoisotopic (exact) mass is 279 g/mol. The van der Waals surface area contributed by atoms with Crippen molar-refractivity contribution < 1.29 is 4.52 Å². The Labute approximate surface area is 123 Å². The fourth-order valence-electron chi connectivity index (χ4n) is 2.39. The van der Waals surface area contributed by atoms with Crippen molar-refractivity contribution in [3.63, 3.8) is 0 Å². The Balaban J connectivity index is 2.07. The lowest BCUT2D eigenvalue weighted by Crippen LogP contribution is -1.95. The second kappa shape index (κ2) is 5.05. The Morgan fingerprint density at radius 3 is 2.57 bits per heavy atom. The predicted molar refractivity (Wildman–Crippen MR) is 83.8 cm³/mol. The molecule has 3 aromatic rings. The van der Waals surface area contributed by atoms with Gasteiger partial charge in [-0.05, 0) is 44.0 Å². The highest BCUT2D eigenvalue weighted by Gasteiger charge is 2.14. The van der Waals surface area contributed by atoms with E-state index in [4.69, 9.17) is 10.3 Å². The normalized spacial score (nSPS) is 10.8. The van der Waals surface area contributed by atoms with Gasteiger partial charge in [0.2, 0.25) is 5.82 Å². The molecule has 2 aromatic carbocycles. The van der Waals surface area contributed by atoms with Gasteiger partial charge in [-0.15, -0.1) is 0 Å². The summed E-state index contributed by atoms with van der Waals surface area (Å²) >= 11 is 0. The zero-order chi connectivity index (χ0) is 15.0. The number of aryl methyl sites for hydroxylation is 3. The van der Waals surface area contributed by atoms with E-state index in [9.17, 15) is 0 Å². The fourth-order valence-corrected chi connectivity index (χ4v) is 2.39. The number of benzene rings is 2. The van der Waals surface area contributed by atoms with Crippen LogP contribution < -0.4 is 5.73 Å². The number of hydrogen-bond donors (Lipinski definition) is 1. The first-order valence-corrected chi connectivity index (χ1v) is 6.82. The first-order chi connectivity index (χ1) is 10.0. The van der Waals surface area contributed by atoms with Gasteiger partial charge in [0.15, 0.2) is 0 Å². The second-order valence-electron chi connectivity index (χ2n) is 5.34. The van der Waals surface area contributed by atoms with Crippen molar-refractivity contribution in [3.8, 4) is 22.8 Å². The summed E-state index contributed by atoms with van der Waals surface area (Å²) in [5, 5.41) is 4.06. The predicted octanol–water partition coefficient (Wildman–Crippen LogP) is 3.91. The van der Waals surface area contributed by atoms with Gasteiger partial charge in [-0.25, -0.2) is 0 Å². The molecule has 0 spiro atoms. The third-order valence-corrected chi connectivity index (χ3v) is 3.46. The lowest BCUT2D eigenvalue weighted by atomic mass is 10.0. The third kappa shape index (κ3) is 2.52. The topological polar surface area (TPSA) is 64.9 Å². The number of anilines is 1. The molecule has 106 valence electrons. The molecular weight excluding hydrogens is 262 g/mol. The van der Waals surface area contributed by atoms with Gasteiger partial charge in [0.25, 0.3) is 5.89 Å². The summed E-state index contributed by atoms with van der Waals surface area (Å²) in [7, 11) is 0. The minimum absolute atomic E-state index is 0.454. The summed E-state index contributed by atoms with van der Waals surface area (Å²) in [6.07, 6.45) is 0. The van der Waals surface area contributed by atoms with Crippen LogP contribution in [0.1, 0.15) is 16.7 Å². The quantitative estimate of drug-likeness (QED) is 0.722. The molecule has 0 amide bonds. The summed E-state index contributed by atoms with van der Waals surface area (Å²) < 4.78 is 5.39. The van der Waals surface area contributed by atoms with Crippen molar-refractivity contribution in [2.45, 2.75) is 20.8 Å². The molecule has 3 rings (SSSR count). The Morgan fingerprint density at radius 2 is 1.81 bits per heavy atom. The van der Waals surface area contributed by atoms with Crippen molar-refractivity contribution in [1.29, 1.82) is 0 Å². The first kappa shape index (κ1) is 13.4. The molecule has 0 radical (unpaired) electrons. The molecule has 0 aliphatic rings. The van der Waals surface area contributed by atoms with Gasteiger partial charge in [0.1, 0.15) is 0 Å². The summed E-state index contributed by atoms with van der Waals surface area (Å²) in [5.41, 5.74) is 11.8. The molecular formula is C17H17N3O. The van der Waals surface area contributed by atoms with E-state index in [0.717, 1.165) is 27.8 Å². The molecule has 0 saturated heterocycles. The Hall–Kier alpha value is -2.62. The highest BCUT2D eigenvalue weighted by atomic mass is 16.5.